The minimum Gasteiger partial charge on any atom is -0.381 e. The van der Waals surface area contributed by atoms with Gasteiger partial charge in [-0.05, 0) is 50.3 Å². The van der Waals surface area contributed by atoms with Gasteiger partial charge in [0.2, 0.25) is 0 Å². The zero-order chi connectivity index (χ0) is 25.6. The standard InChI is InChI=1S/C18H20N6O2.C6H14O.C2H6/c1-11-4-5-13-14(9-11)22-18(26)23-16(13)24-8-2-3-12(10-24)21-17(25)15-19-6-7-20-15;1-3-5-7-6-4-2;1-2/h4-7,9,12H,2-3,8,10H2,1H3,(H,19,20)(H,21,25)(H,22,23,26);3-6H2,1-2H3;1-2H3. The second-order valence-corrected chi connectivity index (χ2v) is 8.22. The summed E-state index contributed by atoms with van der Waals surface area (Å²) in [7, 11) is 0. The third-order valence-electron chi connectivity index (χ3n) is 5.33. The molecule has 0 spiro atoms. The van der Waals surface area contributed by atoms with Crippen molar-refractivity contribution in [2.45, 2.75) is 66.3 Å². The Balaban J connectivity index is 0.000000416. The first-order valence-corrected chi connectivity index (χ1v) is 12.7. The molecule has 0 bridgehead atoms. The summed E-state index contributed by atoms with van der Waals surface area (Å²) in [4.78, 5) is 40.1. The number of H-pyrrole nitrogens is 2. The molecule has 2 aromatic heterocycles. The highest BCUT2D eigenvalue weighted by molar-refractivity contribution is 5.91. The molecule has 1 aliphatic rings. The van der Waals surface area contributed by atoms with E-state index in [1.807, 2.05) is 39.0 Å². The number of aromatic amines is 2. The minimum absolute atomic E-state index is 0.0251. The largest absolute Gasteiger partial charge is 0.381 e. The number of anilines is 1. The molecule has 3 heterocycles. The number of carbonyl (C=O) groups excluding carboxylic acids is 1. The second-order valence-electron chi connectivity index (χ2n) is 8.22. The summed E-state index contributed by atoms with van der Waals surface area (Å²) in [5, 5.41) is 3.92. The van der Waals surface area contributed by atoms with Gasteiger partial charge in [-0.3, -0.25) is 4.79 Å². The lowest BCUT2D eigenvalue weighted by Gasteiger charge is -2.34. The average molecular weight is 485 g/mol. The number of aromatic nitrogens is 4. The Hall–Kier alpha value is -3.20. The van der Waals surface area contributed by atoms with Gasteiger partial charge >= 0.3 is 5.69 Å². The average Bonchev–Trinajstić information content (AvgIpc) is 3.41. The molecule has 3 aromatic rings. The monoisotopic (exact) mass is 484 g/mol. The normalized spacial score (nSPS) is 15.0. The van der Waals surface area contributed by atoms with Crippen LogP contribution in [-0.4, -0.2) is 58.2 Å². The fourth-order valence-corrected chi connectivity index (χ4v) is 3.82. The van der Waals surface area contributed by atoms with Gasteiger partial charge in [-0.2, -0.15) is 4.98 Å². The van der Waals surface area contributed by atoms with Crippen LogP contribution in [0.25, 0.3) is 10.9 Å². The Kier molecular flexibility index (Phi) is 12.0. The molecule has 1 atom stereocenters. The van der Waals surface area contributed by atoms with Gasteiger partial charge < -0.3 is 24.9 Å². The van der Waals surface area contributed by atoms with E-state index >= 15 is 0 Å². The lowest BCUT2D eigenvalue weighted by Crippen LogP contribution is -2.48. The predicted molar refractivity (Wildman–Crippen MR) is 141 cm³/mol. The number of aryl methyl sites for hydroxylation is 1. The number of imidazole rings is 1. The molecule has 0 radical (unpaired) electrons. The van der Waals surface area contributed by atoms with E-state index in [1.54, 1.807) is 12.4 Å². The van der Waals surface area contributed by atoms with Crippen molar-refractivity contribution in [2.75, 3.05) is 31.2 Å². The van der Waals surface area contributed by atoms with Gasteiger partial charge in [-0.15, -0.1) is 0 Å². The van der Waals surface area contributed by atoms with Gasteiger partial charge in [0.15, 0.2) is 5.82 Å². The molecule has 9 nitrogen and oxygen atoms in total. The maximum absolute atomic E-state index is 12.2. The van der Waals surface area contributed by atoms with Crippen molar-refractivity contribution < 1.29 is 9.53 Å². The van der Waals surface area contributed by atoms with Crippen LogP contribution >= 0.6 is 0 Å². The number of nitrogens with zero attached hydrogens (tertiary/aromatic N) is 3. The van der Waals surface area contributed by atoms with Gasteiger partial charge in [-0.25, -0.2) is 9.78 Å². The summed E-state index contributed by atoms with van der Waals surface area (Å²) in [5.41, 5.74) is 1.49. The second kappa shape index (κ2) is 14.9. The topological polar surface area (TPSA) is 116 Å². The van der Waals surface area contributed by atoms with Crippen LogP contribution in [0.3, 0.4) is 0 Å². The lowest BCUT2D eigenvalue weighted by atomic mass is 10.0. The Morgan fingerprint density at radius 1 is 1.23 bits per heavy atom. The Bertz CT molecular complexity index is 1080. The molecule has 3 N–H and O–H groups in total. The highest BCUT2D eigenvalue weighted by atomic mass is 16.5. The first-order valence-electron chi connectivity index (χ1n) is 12.7. The molecule has 0 aliphatic carbocycles. The molecule has 4 rings (SSSR count). The Morgan fingerprint density at radius 2 is 1.97 bits per heavy atom. The van der Waals surface area contributed by atoms with Crippen LogP contribution in [0.4, 0.5) is 5.82 Å². The number of rotatable bonds is 7. The summed E-state index contributed by atoms with van der Waals surface area (Å²) >= 11 is 0. The number of nitrogens with one attached hydrogen (secondary N) is 3. The molecule has 1 aliphatic heterocycles. The van der Waals surface area contributed by atoms with Crippen LogP contribution in [0.5, 0.6) is 0 Å². The van der Waals surface area contributed by atoms with E-state index in [0.717, 1.165) is 61.9 Å². The van der Waals surface area contributed by atoms with Crippen molar-refractivity contribution in [3.05, 3.63) is 52.5 Å². The van der Waals surface area contributed by atoms with E-state index in [0.29, 0.717) is 18.2 Å². The van der Waals surface area contributed by atoms with Crippen molar-refractivity contribution in [3.63, 3.8) is 0 Å². The van der Waals surface area contributed by atoms with Crippen LogP contribution in [0, 0.1) is 6.92 Å². The van der Waals surface area contributed by atoms with Gasteiger partial charge in [-0.1, -0.05) is 33.8 Å². The van der Waals surface area contributed by atoms with Crippen molar-refractivity contribution in [3.8, 4) is 0 Å². The van der Waals surface area contributed by atoms with E-state index in [4.69, 9.17) is 4.74 Å². The van der Waals surface area contributed by atoms with E-state index < -0.39 is 0 Å². The number of hydrogen-bond donors (Lipinski definition) is 3. The highest BCUT2D eigenvalue weighted by Crippen LogP contribution is 2.25. The fourth-order valence-electron chi connectivity index (χ4n) is 3.82. The summed E-state index contributed by atoms with van der Waals surface area (Å²) in [5.74, 6) is 0.749. The van der Waals surface area contributed by atoms with Crippen molar-refractivity contribution in [1.29, 1.82) is 0 Å². The van der Waals surface area contributed by atoms with Crippen molar-refractivity contribution in [2.24, 2.45) is 0 Å². The van der Waals surface area contributed by atoms with E-state index in [-0.39, 0.29) is 17.6 Å². The van der Waals surface area contributed by atoms with Gasteiger partial charge in [0.05, 0.1) is 5.52 Å². The summed E-state index contributed by atoms with van der Waals surface area (Å²) in [6.45, 7) is 13.5. The zero-order valence-electron chi connectivity index (χ0n) is 21.7. The Labute approximate surface area is 207 Å². The number of carbonyl (C=O) groups is 1. The Morgan fingerprint density at radius 3 is 2.63 bits per heavy atom. The van der Waals surface area contributed by atoms with E-state index in [1.165, 1.54) is 0 Å². The van der Waals surface area contributed by atoms with Crippen LogP contribution in [0.15, 0.2) is 35.4 Å². The van der Waals surface area contributed by atoms with Crippen LogP contribution in [-0.2, 0) is 4.74 Å². The molecule has 1 fully saturated rings. The van der Waals surface area contributed by atoms with Gasteiger partial charge in [0.25, 0.3) is 5.91 Å². The number of fused-ring (bicyclic) bond motifs is 1. The zero-order valence-corrected chi connectivity index (χ0v) is 21.7. The quantitative estimate of drug-likeness (QED) is 0.433. The number of amides is 1. The van der Waals surface area contributed by atoms with E-state index in [2.05, 4.69) is 44.0 Å². The maximum Gasteiger partial charge on any atom is 0.347 e. The molecule has 1 saturated heterocycles. The number of hydrogen-bond acceptors (Lipinski definition) is 6. The summed E-state index contributed by atoms with van der Waals surface area (Å²) in [6.07, 6.45) is 7.24. The number of piperidine rings is 1. The van der Waals surface area contributed by atoms with Gasteiger partial charge in [0, 0.05) is 50.1 Å². The number of benzene rings is 1. The third-order valence-corrected chi connectivity index (χ3v) is 5.33. The first-order chi connectivity index (χ1) is 17.0. The summed E-state index contributed by atoms with van der Waals surface area (Å²) < 4.78 is 5.13. The lowest BCUT2D eigenvalue weighted by molar-refractivity contribution is 0.0923. The minimum atomic E-state index is -0.361. The van der Waals surface area contributed by atoms with Crippen LogP contribution in [0.1, 0.15) is 69.6 Å². The van der Waals surface area contributed by atoms with Gasteiger partial charge in [0.1, 0.15) is 5.82 Å². The number of ether oxygens (including phenoxy) is 1. The molecular weight excluding hydrogens is 444 g/mol. The molecule has 35 heavy (non-hydrogen) atoms. The molecule has 1 aromatic carbocycles. The molecular formula is C26H40N6O3. The highest BCUT2D eigenvalue weighted by Gasteiger charge is 2.25. The predicted octanol–water partition coefficient (Wildman–Crippen LogP) is 4.20. The maximum atomic E-state index is 12.2. The molecule has 9 heteroatoms. The van der Waals surface area contributed by atoms with Crippen LogP contribution < -0.4 is 15.9 Å². The fraction of sp³-hybridized carbons (Fsp3) is 0.538. The molecule has 1 amide bonds. The van der Waals surface area contributed by atoms with Crippen LogP contribution in [0.2, 0.25) is 0 Å². The van der Waals surface area contributed by atoms with Crippen molar-refractivity contribution >= 4 is 22.6 Å². The smallest absolute Gasteiger partial charge is 0.347 e. The third kappa shape index (κ3) is 8.51. The summed E-state index contributed by atoms with van der Waals surface area (Å²) in [6, 6.07) is 5.91. The molecule has 192 valence electrons. The first kappa shape index (κ1) is 28.0. The van der Waals surface area contributed by atoms with E-state index in [9.17, 15) is 9.59 Å². The SMILES string of the molecule is CC.CCCOCCC.Cc1ccc2c(N3CCCC(NC(=O)c4ncc[nH]4)C3)nc(=O)[nH]c2c1. The van der Waals surface area contributed by atoms with Crippen molar-refractivity contribution in [1.82, 2.24) is 25.3 Å². The molecule has 1 unspecified atom stereocenters. The molecule has 0 saturated carbocycles.